The lowest BCUT2D eigenvalue weighted by Crippen LogP contribution is -2.54. The Morgan fingerprint density at radius 2 is 2.06 bits per heavy atom. The smallest absolute Gasteiger partial charge is 0.220 e. The number of aromatic nitrogens is 3. The number of halogens is 1. The number of nitrogens with one attached hydrogen (secondary N) is 2. The third kappa shape index (κ3) is 4.58. The van der Waals surface area contributed by atoms with Gasteiger partial charge in [-0.3, -0.25) is 0 Å². The van der Waals surface area contributed by atoms with Gasteiger partial charge in [-0.2, -0.15) is 0 Å². The molecule has 0 radical (unpaired) electrons. The van der Waals surface area contributed by atoms with Crippen molar-refractivity contribution in [2.45, 2.75) is 44.9 Å². The van der Waals surface area contributed by atoms with Crippen LogP contribution in [0, 0.1) is 11.2 Å². The van der Waals surface area contributed by atoms with Crippen molar-refractivity contribution in [2.24, 2.45) is 5.41 Å². The first-order chi connectivity index (χ1) is 16.1. The van der Waals surface area contributed by atoms with E-state index in [1.165, 1.54) is 24.8 Å². The van der Waals surface area contributed by atoms with Crippen molar-refractivity contribution in [2.75, 3.05) is 29.3 Å². The summed E-state index contributed by atoms with van der Waals surface area (Å²) in [4.78, 5) is 14.3. The van der Waals surface area contributed by atoms with Crippen LogP contribution in [-0.2, 0) is 0 Å². The molecule has 2 aromatic heterocycles. The molecule has 1 aliphatic heterocycles. The van der Waals surface area contributed by atoms with Gasteiger partial charge in [0.25, 0.3) is 0 Å². The van der Waals surface area contributed by atoms with Crippen LogP contribution in [0.5, 0.6) is 0 Å². The van der Waals surface area contributed by atoms with Gasteiger partial charge in [0.05, 0.1) is 27.0 Å². The van der Waals surface area contributed by atoms with Gasteiger partial charge >= 0.3 is 0 Å². The number of hydrogen-bond acceptors (Lipinski definition) is 8. The van der Waals surface area contributed by atoms with E-state index in [-0.39, 0.29) is 11.8 Å². The first-order valence-corrected chi connectivity index (χ1v) is 13.4. The average Bonchev–Trinajstić information content (AvgIpc) is 3.25. The van der Waals surface area contributed by atoms with E-state index in [0.717, 1.165) is 48.0 Å². The molecule has 3 aromatic rings. The minimum absolute atomic E-state index is 0.206. The Labute approximate surface area is 202 Å². The van der Waals surface area contributed by atoms with E-state index in [2.05, 4.69) is 26.9 Å². The van der Waals surface area contributed by atoms with Gasteiger partial charge in [0.15, 0.2) is 5.82 Å². The number of nitrogens with zero attached hydrogens (tertiary/aromatic N) is 3. The molecule has 4 N–H and O–H groups in total. The molecule has 1 aromatic carbocycles. The van der Waals surface area contributed by atoms with Crippen molar-refractivity contribution in [3.63, 3.8) is 0 Å². The molecular formula is C24H29FN6S2. The lowest BCUT2D eigenvalue weighted by molar-refractivity contribution is 0.0975. The maximum absolute atomic E-state index is 15.6. The summed E-state index contributed by atoms with van der Waals surface area (Å²) in [6, 6.07) is 7.26. The van der Waals surface area contributed by atoms with Crippen molar-refractivity contribution in [3.8, 4) is 21.8 Å². The van der Waals surface area contributed by atoms with Crippen molar-refractivity contribution >= 4 is 34.9 Å². The van der Waals surface area contributed by atoms with Crippen LogP contribution in [0.2, 0.25) is 0 Å². The summed E-state index contributed by atoms with van der Waals surface area (Å²) in [7, 11) is 0. The van der Waals surface area contributed by atoms with Crippen molar-refractivity contribution in [1.82, 2.24) is 20.3 Å². The van der Waals surface area contributed by atoms with Crippen LogP contribution in [0.4, 0.5) is 16.0 Å². The molecule has 0 amide bonds. The molecule has 33 heavy (non-hydrogen) atoms. The van der Waals surface area contributed by atoms with Gasteiger partial charge in [-0.1, -0.05) is 24.9 Å². The van der Waals surface area contributed by atoms with Crippen LogP contribution in [0.3, 0.4) is 0 Å². The first-order valence-electron chi connectivity index (χ1n) is 11.6. The van der Waals surface area contributed by atoms with E-state index in [4.69, 9.17) is 10.7 Å². The second-order valence-corrected chi connectivity index (χ2v) is 11.0. The molecule has 2 fully saturated rings. The molecule has 9 heteroatoms. The number of anilines is 2. The molecule has 6 nitrogen and oxygen atoms in total. The summed E-state index contributed by atoms with van der Waals surface area (Å²) in [6.07, 6.45) is 7.35. The first kappa shape index (κ1) is 22.6. The molecular weight excluding hydrogens is 455 g/mol. The van der Waals surface area contributed by atoms with Gasteiger partial charge in [0.1, 0.15) is 0 Å². The molecule has 0 bridgehead atoms. The molecule has 2 aliphatic rings. The summed E-state index contributed by atoms with van der Waals surface area (Å²) >= 11 is 3.13. The zero-order chi connectivity index (χ0) is 22.8. The normalized spacial score (nSPS) is 17.8. The van der Waals surface area contributed by atoms with Crippen molar-refractivity contribution in [3.05, 3.63) is 41.3 Å². The van der Waals surface area contributed by atoms with Crippen LogP contribution in [-0.4, -0.2) is 33.8 Å². The molecule has 5 rings (SSSR count). The van der Waals surface area contributed by atoms with E-state index in [0.29, 0.717) is 34.0 Å². The summed E-state index contributed by atoms with van der Waals surface area (Å²) in [5.74, 6) is 1.23. The number of benzene rings is 1. The Bertz CT molecular complexity index is 1120. The molecule has 0 unspecified atom stereocenters. The highest BCUT2D eigenvalue weighted by atomic mass is 32.2. The van der Waals surface area contributed by atoms with Gasteiger partial charge < -0.3 is 15.8 Å². The van der Waals surface area contributed by atoms with Crippen LogP contribution < -0.4 is 15.8 Å². The average molecular weight is 485 g/mol. The number of thiazole rings is 1. The Morgan fingerprint density at radius 1 is 1.24 bits per heavy atom. The van der Waals surface area contributed by atoms with E-state index in [1.54, 1.807) is 29.7 Å². The fourth-order valence-corrected chi connectivity index (χ4v) is 6.54. The summed E-state index contributed by atoms with van der Waals surface area (Å²) in [5, 5.41) is 4.50. The zero-order valence-electron chi connectivity index (χ0n) is 18.7. The molecule has 3 heterocycles. The Morgan fingerprint density at radius 3 is 2.76 bits per heavy atom. The predicted octanol–water partition coefficient (Wildman–Crippen LogP) is 5.71. The van der Waals surface area contributed by atoms with Gasteiger partial charge in [0.2, 0.25) is 5.95 Å². The highest BCUT2D eigenvalue weighted by molar-refractivity contribution is 8.00. The van der Waals surface area contributed by atoms with E-state index in [1.807, 2.05) is 12.1 Å². The molecule has 0 atom stereocenters. The largest absolute Gasteiger partial charge is 0.368 e. The molecule has 1 saturated heterocycles. The van der Waals surface area contributed by atoms with E-state index in [9.17, 15) is 0 Å². The third-order valence-corrected chi connectivity index (χ3v) is 8.91. The second kappa shape index (κ2) is 9.56. The van der Waals surface area contributed by atoms with Crippen molar-refractivity contribution < 1.29 is 4.39 Å². The fourth-order valence-electron chi connectivity index (χ4n) is 4.70. The quantitative estimate of drug-likeness (QED) is 0.292. The molecule has 1 aliphatic carbocycles. The van der Waals surface area contributed by atoms with E-state index < -0.39 is 0 Å². The minimum atomic E-state index is -0.288. The number of nitrogen functional groups attached to an aromatic ring is 1. The summed E-state index contributed by atoms with van der Waals surface area (Å²) in [5.41, 5.74) is 8.66. The van der Waals surface area contributed by atoms with Gasteiger partial charge in [-0.25, -0.2) is 19.3 Å². The summed E-state index contributed by atoms with van der Waals surface area (Å²) < 4.78 is 18.7. The van der Waals surface area contributed by atoms with Gasteiger partial charge in [-0.15, -0.1) is 11.3 Å². The van der Waals surface area contributed by atoms with Gasteiger partial charge in [-0.05, 0) is 55.7 Å². The SMILES string of the molecule is CCCSNc1cccc(-c2nc(C3CCC4(CC3)CNC4)sc2-c2ccnc(N)n2)c1F. The zero-order valence-corrected chi connectivity index (χ0v) is 20.4. The lowest BCUT2D eigenvalue weighted by Gasteiger charge is -2.47. The second-order valence-electron chi connectivity index (χ2n) is 9.03. The molecule has 174 valence electrons. The monoisotopic (exact) mass is 484 g/mol. The van der Waals surface area contributed by atoms with Crippen LogP contribution in [0.25, 0.3) is 21.8 Å². The van der Waals surface area contributed by atoms with Gasteiger partial charge in [0, 0.05) is 36.5 Å². The maximum Gasteiger partial charge on any atom is 0.220 e. The predicted molar refractivity (Wildman–Crippen MR) is 136 cm³/mol. The number of rotatable bonds is 7. The van der Waals surface area contributed by atoms with Crippen molar-refractivity contribution in [1.29, 1.82) is 0 Å². The highest BCUT2D eigenvalue weighted by Crippen LogP contribution is 2.48. The minimum Gasteiger partial charge on any atom is -0.368 e. The lowest BCUT2D eigenvalue weighted by atomic mass is 9.67. The molecule has 1 spiro atoms. The van der Waals surface area contributed by atoms with E-state index >= 15 is 4.39 Å². The van der Waals surface area contributed by atoms with Crippen LogP contribution >= 0.6 is 23.3 Å². The fraction of sp³-hybridized carbons (Fsp3) is 0.458. The Balaban J connectivity index is 1.51. The number of hydrogen-bond donors (Lipinski definition) is 3. The Hall–Kier alpha value is -2.23. The topological polar surface area (TPSA) is 88.8 Å². The standard InChI is InChI=1S/C24H29FN6S2/c1-2-12-32-31-17-5-3-4-16(19(17)25)20-21(18-8-11-28-23(26)29-18)33-22(30-20)15-6-9-24(10-7-15)13-27-14-24/h3-5,8,11,15,27,31H,2,6-7,9-10,12-14H2,1H3,(H2,26,28,29). The van der Waals surface area contributed by atoms with Crippen LogP contribution in [0.1, 0.15) is 50.0 Å². The maximum atomic E-state index is 15.6. The Kier molecular flexibility index (Phi) is 6.53. The highest BCUT2D eigenvalue weighted by Gasteiger charge is 2.41. The summed E-state index contributed by atoms with van der Waals surface area (Å²) in [6.45, 7) is 4.37. The van der Waals surface area contributed by atoms with Crippen LogP contribution in [0.15, 0.2) is 30.5 Å². The molecule has 1 saturated carbocycles. The third-order valence-electron chi connectivity index (χ3n) is 6.69. The number of nitrogens with two attached hydrogens (primary N) is 1.